The van der Waals surface area contributed by atoms with Gasteiger partial charge in [0.15, 0.2) is 0 Å². The monoisotopic (exact) mass is 387 g/mol. The molecule has 0 radical (unpaired) electrons. The topological polar surface area (TPSA) is 54.3 Å². The molecule has 0 bridgehead atoms. The fourth-order valence-corrected chi connectivity index (χ4v) is 4.06. The van der Waals surface area contributed by atoms with Gasteiger partial charge in [-0.2, -0.15) is 0 Å². The molecule has 144 valence electrons. The lowest BCUT2D eigenvalue weighted by atomic mass is 9.99. The molecule has 5 nitrogen and oxygen atoms in total. The standard InChI is InChI=1S/C21H25N3O2.ClH/c1-15-8-10-23(12-16-5-4-9-22-11-16)20(25)19(15)21(26)24-13-17-6-2-3-7-18(17)14-24;/h2-3,6-8,10,16,22H,4-5,9,11-14H2,1H3;1H. The van der Waals surface area contributed by atoms with Crippen molar-refractivity contribution in [1.82, 2.24) is 14.8 Å². The molecule has 1 atom stereocenters. The van der Waals surface area contributed by atoms with Crippen molar-refractivity contribution < 1.29 is 4.79 Å². The van der Waals surface area contributed by atoms with Gasteiger partial charge in [-0.25, -0.2) is 0 Å². The smallest absolute Gasteiger partial charge is 0.263 e. The Kier molecular flexibility index (Phi) is 6.02. The average Bonchev–Trinajstić information content (AvgIpc) is 3.09. The van der Waals surface area contributed by atoms with E-state index < -0.39 is 0 Å². The summed E-state index contributed by atoms with van der Waals surface area (Å²) in [5.74, 6) is 0.294. The van der Waals surface area contributed by atoms with Crippen molar-refractivity contribution in [3.8, 4) is 0 Å². The Morgan fingerprint density at radius 3 is 2.52 bits per heavy atom. The molecule has 1 amide bonds. The van der Waals surface area contributed by atoms with Gasteiger partial charge in [0, 0.05) is 25.8 Å². The number of nitrogens with one attached hydrogen (secondary N) is 1. The number of benzene rings is 1. The quantitative estimate of drug-likeness (QED) is 0.881. The predicted molar refractivity (Wildman–Crippen MR) is 108 cm³/mol. The minimum Gasteiger partial charge on any atom is -0.330 e. The van der Waals surface area contributed by atoms with Gasteiger partial charge in [-0.3, -0.25) is 9.59 Å². The second-order valence-corrected chi connectivity index (χ2v) is 7.47. The van der Waals surface area contributed by atoms with Crippen LogP contribution in [0.5, 0.6) is 0 Å². The Morgan fingerprint density at radius 2 is 1.89 bits per heavy atom. The Hall–Kier alpha value is -2.11. The van der Waals surface area contributed by atoms with Crippen molar-refractivity contribution in [3.63, 3.8) is 0 Å². The second kappa shape index (κ2) is 8.28. The molecule has 3 heterocycles. The molecule has 6 heteroatoms. The SMILES string of the molecule is Cc1ccn(CC2CCCNC2)c(=O)c1C(=O)N1Cc2ccccc2C1.Cl. The molecule has 1 aromatic heterocycles. The van der Waals surface area contributed by atoms with Crippen LogP contribution in [0, 0.1) is 12.8 Å². The van der Waals surface area contributed by atoms with E-state index in [9.17, 15) is 9.59 Å². The molecule has 1 N–H and O–H groups in total. The van der Waals surface area contributed by atoms with Gasteiger partial charge in [-0.05, 0) is 61.5 Å². The minimum absolute atomic E-state index is 0. The summed E-state index contributed by atoms with van der Waals surface area (Å²) in [5, 5.41) is 3.39. The number of aryl methyl sites for hydroxylation is 1. The molecule has 4 rings (SSSR count). The third kappa shape index (κ3) is 3.94. The van der Waals surface area contributed by atoms with Crippen LogP contribution in [0.4, 0.5) is 0 Å². The maximum Gasteiger partial charge on any atom is 0.263 e. The summed E-state index contributed by atoms with van der Waals surface area (Å²) in [6.07, 6.45) is 4.10. The van der Waals surface area contributed by atoms with Crippen molar-refractivity contribution in [2.75, 3.05) is 13.1 Å². The van der Waals surface area contributed by atoms with Crippen LogP contribution in [0.25, 0.3) is 0 Å². The number of carbonyl (C=O) groups is 1. The lowest BCUT2D eigenvalue weighted by molar-refractivity contribution is 0.0748. The molecule has 2 aliphatic rings. The number of pyridine rings is 1. The minimum atomic E-state index is -0.156. The molecule has 0 aliphatic carbocycles. The van der Waals surface area contributed by atoms with Gasteiger partial charge < -0.3 is 14.8 Å². The Bertz CT molecular complexity index is 862. The molecule has 2 aromatic rings. The van der Waals surface area contributed by atoms with Crippen molar-refractivity contribution in [1.29, 1.82) is 0 Å². The zero-order chi connectivity index (χ0) is 18.1. The number of hydrogen-bond acceptors (Lipinski definition) is 3. The molecule has 2 aliphatic heterocycles. The summed E-state index contributed by atoms with van der Waals surface area (Å²) in [6, 6.07) is 9.98. The molecule has 0 saturated carbocycles. The van der Waals surface area contributed by atoms with Gasteiger partial charge in [0.25, 0.3) is 11.5 Å². The molecule has 1 aromatic carbocycles. The average molecular weight is 388 g/mol. The number of piperidine rings is 1. The second-order valence-electron chi connectivity index (χ2n) is 7.47. The highest BCUT2D eigenvalue weighted by Crippen LogP contribution is 2.24. The lowest BCUT2D eigenvalue weighted by Gasteiger charge is -2.24. The lowest BCUT2D eigenvalue weighted by Crippen LogP contribution is -2.38. The number of carbonyl (C=O) groups excluding carboxylic acids is 1. The van der Waals surface area contributed by atoms with E-state index in [0.29, 0.717) is 31.1 Å². The third-order valence-electron chi connectivity index (χ3n) is 5.57. The summed E-state index contributed by atoms with van der Waals surface area (Å²) in [4.78, 5) is 27.9. The van der Waals surface area contributed by atoms with E-state index in [1.165, 1.54) is 11.1 Å². The fourth-order valence-electron chi connectivity index (χ4n) is 4.06. The normalized spacial score (nSPS) is 18.7. The zero-order valence-electron chi connectivity index (χ0n) is 15.6. The molecule has 1 fully saturated rings. The Labute approximate surface area is 165 Å². The first-order valence-electron chi connectivity index (χ1n) is 9.40. The molecule has 0 spiro atoms. The van der Waals surface area contributed by atoms with Crippen LogP contribution in [0.15, 0.2) is 41.3 Å². The number of hydrogen-bond donors (Lipinski definition) is 1. The van der Waals surface area contributed by atoms with E-state index in [2.05, 4.69) is 17.4 Å². The number of aromatic nitrogens is 1. The molecular weight excluding hydrogens is 362 g/mol. The molecule has 1 saturated heterocycles. The van der Waals surface area contributed by atoms with E-state index in [1.807, 2.05) is 31.3 Å². The number of fused-ring (bicyclic) bond motifs is 1. The fraction of sp³-hybridized carbons (Fsp3) is 0.429. The molecule has 27 heavy (non-hydrogen) atoms. The predicted octanol–water partition coefficient (Wildman–Crippen LogP) is 2.73. The van der Waals surface area contributed by atoms with Crippen LogP contribution >= 0.6 is 12.4 Å². The van der Waals surface area contributed by atoms with E-state index in [0.717, 1.165) is 31.5 Å². The highest BCUT2D eigenvalue weighted by atomic mass is 35.5. The first kappa shape index (κ1) is 19.6. The Morgan fingerprint density at radius 1 is 1.19 bits per heavy atom. The van der Waals surface area contributed by atoms with Crippen LogP contribution in [-0.2, 0) is 19.6 Å². The summed E-state index contributed by atoms with van der Waals surface area (Å²) < 4.78 is 1.72. The largest absolute Gasteiger partial charge is 0.330 e. The van der Waals surface area contributed by atoms with Gasteiger partial charge in [-0.1, -0.05) is 24.3 Å². The number of halogens is 1. The van der Waals surface area contributed by atoms with Crippen molar-refractivity contribution in [3.05, 3.63) is 69.1 Å². The highest BCUT2D eigenvalue weighted by molar-refractivity contribution is 5.95. The Balaban J connectivity index is 0.00000210. The van der Waals surface area contributed by atoms with Crippen LogP contribution < -0.4 is 10.9 Å². The van der Waals surface area contributed by atoms with Crippen LogP contribution in [0.2, 0.25) is 0 Å². The number of nitrogens with zero attached hydrogens (tertiary/aromatic N) is 2. The summed E-state index contributed by atoms with van der Waals surface area (Å²) in [6.45, 7) is 5.67. The van der Waals surface area contributed by atoms with Crippen molar-refractivity contribution >= 4 is 18.3 Å². The first-order chi connectivity index (χ1) is 12.6. The van der Waals surface area contributed by atoms with Gasteiger partial charge in [-0.15, -0.1) is 12.4 Å². The van der Waals surface area contributed by atoms with Crippen LogP contribution in [0.3, 0.4) is 0 Å². The summed E-state index contributed by atoms with van der Waals surface area (Å²) >= 11 is 0. The van der Waals surface area contributed by atoms with Gasteiger partial charge >= 0.3 is 0 Å². The van der Waals surface area contributed by atoms with Crippen molar-refractivity contribution in [2.24, 2.45) is 5.92 Å². The molecule has 1 unspecified atom stereocenters. The van der Waals surface area contributed by atoms with Crippen molar-refractivity contribution in [2.45, 2.75) is 39.4 Å². The van der Waals surface area contributed by atoms with Gasteiger partial charge in [0.05, 0.1) is 0 Å². The molecular formula is C21H26ClN3O2. The third-order valence-corrected chi connectivity index (χ3v) is 5.57. The van der Waals surface area contributed by atoms with E-state index in [1.54, 1.807) is 9.47 Å². The van der Waals surface area contributed by atoms with Crippen LogP contribution in [-0.4, -0.2) is 28.5 Å². The maximum absolute atomic E-state index is 13.1. The first-order valence-corrected chi connectivity index (χ1v) is 9.40. The van der Waals surface area contributed by atoms with E-state index in [-0.39, 0.29) is 23.9 Å². The van der Waals surface area contributed by atoms with Gasteiger partial charge in [0.1, 0.15) is 5.56 Å². The van der Waals surface area contributed by atoms with E-state index in [4.69, 9.17) is 0 Å². The highest BCUT2D eigenvalue weighted by Gasteiger charge is 2.27. The van der Waals surface area contributed by atoms with Crippen LogP contribution in [0.1, 0.15) is 39.9 Å². The number of rotatable bonds is 3. The number of amides is 1. The van der Waals surface area contributed by atoms with E-state index >= 15 is 0 Å². The maximum atomic E-state index is 13.1. The van der Waals surface area contributed by atoms with Gasteiger partial charge in [0.2, 0.25) is 0 Å². The zero-order valence-corrected chi connectivity index (χ0v) is 16.4. The summed E-state index contributed by atoms with van der Waals surface area (Å²) in [7, 11) is 0. The summed E-state index contributed by atoms with van der Waals surface area (Å²) in [5.41, 5.74) is 3.26.